The van der Waals surface area contributed by atoms with Gasteiger partial charge in [-0.1, -0.05) is 0 Å². The first-order valence-corrected chi connectivity index (χ1v) is 5.83. The Kier molecular flexibility index (Phi) is 3.45. The Balaban J connectivity index is 2.20. The Morgan fingerprint density at radius 3 is 2.61 bits per heavy atom. The molecule has 98 valence electrons. The van der Waals surface area contributed by atoms with E-state index in [1.54, 1.807) is 24.1 Å². The van der Waals surface area contributed by atoms with Gasteiger partial charge < -0.3 is 25.4 Å². The zero-order chi connectivity index (χ0) is 13.1. The summed E-state index contributed by atoms with van der Waals surface area (Å²) in [5.74, 6) is 1.21. The number of benzene rings is 1. The van der Waals surface area contributed by atoms with E-state index in [1.807, 2.05) is 6.92 Å². The number of urea groups is 1. The normalized spacial score (nSPS) is 13.0. The van der Waals surface area contributed by atoms with Crippen LogP contribution in [0.5, 0.6) is 11.5 Å². The van der Waals surface area contributed by atoms with Crippen LogP contribution in [0.4, 0.5) is 16.2 Å². The highest BCUT2D eigenvalue weighted by Crippen LogP contribution is 2.36. The average Bonchev–Trinajstić information content (AvgIpc) is 2.38. The van der Waals surface area contributed by atoms with Crippen LogP contribution >= 0.6 is 0 Å². The summed E-state index contributed by atoms with van der Waals surface area (Å²) in [6.07, 6.45) is 0. The Morgan fingerprint density at radius 1 is 1.39 bits per heavy atom. The lowest BCUT2D eigenvalue weighted by Crippen LogP contribution is -2.31. The van der Waals surface area contributed by atoms with Crippen LogP contribution in [0, 0.1) is 0 Å². The molecule has 1 heterocycles. The Labute approximate surface area is 106 Å². The van der Waals surface area contributed by atoms with Crippen LogP contribution in [-0.4, -0.2) is 37.7 Å². The topological polar surface area (TPSA) is 76.8 Å². The molecule has 0 aromatic heterocycles. The van der Waals surface area contributed by atoms with Crippen molar-refractivity contribution in [1.29, 1.82) is 0 Å². The van der Waals surface area contributed by atoms with Gasteiger partial charge in [0.05, 0.1) is 11.4 Å². The number of carbonyl (C=O) groups excluding carboxylic acids is 1. The summed E-state index contributed by atoms with van der Waals surface area (Å²) < 4.78 is 10.8. The number of hydrogen-bond donors (Lipinski definition) is 2. The minimum absolute atomic E-state index is 0.208. The van der Waals surface area contributed by atoms with E-state index in [1.165, 1.54) is 0 Å². The first kappa shape index (κ1) is 12.3. The molecule has 0 bridgehead atoms. The molecular weight excluding hydrogens is 234 g/mol. The van der Waals surface area contributed by atoms with Crippen molar-refractivity contribution in [3.63, 3.8) is 0 Å². The molecule has 2 rings (SSSR count). The fourth-order valence-electron chi connectivity index (χ4n) is 1.57. The lowest BCUT2D eigenvalue weighted by atomic mass is 10.2. The van der Waals surface area contributed by atoms with Gasteiger partial charge in [-0.05, 0) is 6.92 Å². The number of rotatable bonds is 2. The molecular formula is C12H17N3O3. The predicted octanol–water partition coefficient (Wildman–Crippen LogP) is 1.52. The second-order valence-electron chi connectivity index (χ2n) is 4.03. The van der Waals surface area contributed by atoms with Crippen molar-refractivity contribution in [2.45, 2.75) is 6.92 Å². The molecule has 0 aliphatic carbocycles. The molecule has 0 radical (unpaired) electrons. The third-order valence-electron chi connectivity index (χ3n) is 2.78. The van der Waals surface area contributed by atoms with Gasteiger partial charge in [0.2, 0.25) is 0 Å². The molecule has 1 aliphatic heterocycles. The molecule has 6 heteroatoms. The molecule has 18 heavy (non-hydrogen) atoms. The summed E-state index contributed by atoms with van der Waals surface area (Å²) in [6, 6.07) is 3.14. The SMILES string of the molecule is CCN(C)C(=O)Nc1cc2c(cc1N)OCCO2. The number of nitrogens with one attached hydrogen (secondary N) is 1. The van der Waals surface area contributed by atoms with Gasteiger partial charge in [-0.3, -0.25) is 0 Å². The zero-order valence-corrected chi connectivity index (χ0v) is 10.5. The fourth-order valence-corrected chi connectivity index (χ4v) is 1.57. The number of nitrogens with zero attached hydrogens (tertiary/aromatic N) is 1. The molecule has 1 aliphatic rings. The molecule has 0 spiro atoms. The number of amides is 2. The smallest absolute Gasteiger partial charge is 0.321 e. The minimum Gasteiger partial charge on any atom is -0.486 e. The third-order valence-corrected chi connectivity index (χ3v) is 2.78. The van der Waals surface area contributed by atoms with Crippen molar-refractivity contribution in [2.24, 2.45) is 0 Å². The monoisotopic (exact) mass is 251 g/mol. The third kappa shape index (κ3) is 2.42. The Morgan fingerprint density at radius 2 is 2.00 bits per heavy atom. The average molecular weight is 251 g/mol. The van der Waals surface area contributed by atoms with E-state index in [4.69, 9.17) is 15.2 Å². The first-order chi connectivity index (χ1) is 8.61. The highest BCUT2D eigenvalue weighted by Gasteiger charge is 2.16. The van der Waals surface area contributed by atoms with Gasteiger partial charge in [0, 0.05) is 25.7 Å². The summed E-state index contributed by atoms with van der Waals surface area (Å²) in [5.41, 5.74) is 6.85. The van der Waals surface area contributed by atoms with Crippen molar-refractivity contribution < 1.29 is 14.3 Å². The Bertz CT molecular complexity index is 462. The van der Waals surface area contributed by atoms with E-state index in [9.17, 15) is 4.79 Å². The van der Waals surface area contributed by atoms with Crippen LogP contribution in [0.3, 0.4) is 0 Å². The van der Waals surface area contributed by atoms with Crippen LogP contribution in [-0.2, 0) is 0 Å². The molecule has 1 aromatic carbocycles. The predicted molar refractivity (Wildman–Crippen MR) is 69.2 cm³/mol. The zero-order valence-electron chi connectivity index (χ0n) is 10.5. The van der Waals surface area contributed by atoms with Crippen molar-refractivity contribution in [3.8, 4) is 11.5 Å². The maximum Gasteiger partial charge on any atom is 0.321 e. The summed E-state index contributed by atoms with van der Waals surface area (Å²) in [5, 5.41) is 2.74. The fraction of sp³-hybridized carbons (Fsp3) is 0.417. The first-order valence-electron chi connectivity index (χ1n) is 5.83. The molecule has 0 atom stereocenters. The molecule has 0 saturated carbocycles. The molecule has 1 aromatic rings. The molecule has 3 N–H and O–H groups in total. The van der Waals surface area contributed by atoms with Gasteiger partial charge in [-0.25, -0.2) is 4.79 Å². The van der Waals surface area contributed by atoms with Crippen molar-refractivity contribution in [1.82, 2.24) is 4.90 Å². The van der Waals surface area contributed by atoms with Crippen LogP contribution in [0.15, 0.2) is 12.1 Å². The van der Waals surface area contributed by atoms with E-state index < -0.39 is 0 Å². The summed E-state index contributed by atoms with van der Waals surface area (Å²) in [4.78, 5) is 13.3. The maximum absolute atomic E-state index is 11.8. The summed E-state index contributed by atoms with van der Waals surface area (Å²) in [6.45, 7) is 3.53. The van der Waals surface area contributed by atoms with Gasteiger partial charge in [-0.2, -0.15) is 0 Å². The van der Waals surface area contributed by atoms with E-state index in [2.05, 4.69) is 5.32 Å². The van der Waals surface area contributed by atoms with Crippen molar-refractivity contribution in [2.75, 3.05) is 37.9 Å². The van der Waals surface area contributed by atoms with Crippen LogP contribution < -0.4 is 20.5 Å². The van der Waals surface area contributed by atoms with Gasteiger partial charge in [0.1, 0.15) is 13.2 Å². The number of anilines is 2. The number of ether oxygens (including phenoxy) is 2. The van der Waals surface area contributed by atoms with Crippen LogP contribution in [0.1, 0.15) is 6.92 Å². The molecule has 0 fully saturated rings. The number of nitrogen functional groups attached to an aromatic ring is 1. The van der Waals surface area contributed by atoms with E-state index in [0.29, 0.717) is 42.6 Å². The number of hydrogen-bond acceptors (Lipinski definition) is 4. The Hall–Kier alpha value is -2.11. The maximum atomic E-state index is 11.8. The lowest BCUT2D eigenvalue weighted by Gasteiger charge is -2.21. The van der Waals surface area contributed by atoms with E-state index in [-0.39, 0.29) is 6.03 Å². The van der Waals surface area contributed by atoms with E-state index >= 15 is 0 Å². The second kappa shape index (κ2) is 5.03. The quantitative estimate of drug-likeness (QED) is 0.781. The highest BCUT2D eigenvalue weighted by atomic mass is 16.6. The highest BCUT2D eigenvalue weighted by molar-refractivity contribution is 5.93. The summed E-state index contributed by atoms with van der Waals surface area (Å²) >= 11 is 0. The van der Waals surface area contributed by atoms with Crippen LogP contribution in [0.2, 0.25) is 0 Å². The number of fused-ring (bicyclic) bond motifs is 1. The largest absolute Gasteiger partial charge is 0.486 e. The standard InChI is InChI=1S/C12H17N3O3/c1-3-15(2)12(16)14-9-7-11-10(6-8(9)13)17-4-5-18-11/h6-7H,3-5,13H2,1-2H3,(H,14,16). The number of nitrogens with two attached hydrogens (primary N) is 1. The molecule has 6 nitrogen and oxygen atoms in total. The second-order valence-corrected chi connectivity index (χ2v) is 4.03. The van der Waals surface area contributed by atoms with Crippen LogP contribution in [0.25, 0.3) is 0 Å². The van der Waals surface area contributed by atoms with Gasteiger partial charge in [0.25, 0.3) is 0 Å². The van der Waals surface area contributed by atoms with Gasteiger partial charge in [-0.15, -0.1) is 0 Å². The summed E-state index contributed by atoms with van der Waals surface area (Å²) in [7, 11) is 1.71. The van der Waals surface area contributed by atoms with Crippen molar-refractivity contribution >= 4 is 17.4 Å². The van der Waals surface area contributed by atoms with E-state index in [0.717, 1.165) is 0 Å². The molecule has 2 amide bonds. The molecule has 0 saturated heterocycles. The lowest BCUT2D eigenvalue weighted by molar-refractivity contribution is 0.172. The van der Waals surface area contributed by atoms with Gasteiger partial charge >= 0.3 is 6.03 Å². The van der Waals surface area contributed by atoms with Gasteiger partial charge in [0.15, 0.2) is 11.5 Å². The number of carbonyl (C=O) groups is 1. The minimum atomic E-state index is -0.208. The van der Waals surface area contributed by atoms with Crippen molar-refractivity contribution in [3.05, 3.63) is 12.1 Å². The molecule has 0 unspecified atom stereocenters.